The van der Waals surface area contributed by atoms with Crippen LogP contribution in [0.25, 0.3) is 0 Å². The van der Waals surface area contributed by atoms with E-state index in [4.69, 9.17) is 11.6 Å². The van der Waals surface area contributed by atoms with Gasteiger partial charge in [-0.25, -0.2) is 4.79 Å². The fourth-order valence-corrected chi connectivity index (χ4v) is 3.35. The molecule has 28 heavy (non-hydrogen) atoms. The summed E-state index contributed by atoms with van der Waals surface area (Å²) in [5.74, 6) is -0.226. The average Bonchev–Trinajstić information content (AvgIpc) is 2.72. The van der Waals surface area contributed by atoms with Crippen LogP contribution in [0, 0.1) is 0 Å². The van der Waals surface area contributed by atoms with Crippen molar-refractivity contribution in [3.63, 3.8) is 0 Å². The van der Waals surface area contributed by atoms with E-state index in [2.05, 4.69) is 27.7 Å². The standard InChI is InChI=1S/C21H25ClN4O2/c1-16(20(27)23-15-17-6-5-7-18(22)14-17)24-21(28)26-12-10-25(11-13-26)19-8-3-2-4-9-19/h2-9,14,16H,10-13,15H2,1H3,(H,23,27)(H,24,28). The van der Waals surface area contributed by atoms with Crippen LogP contribution in [0.4, 0.5) is 10.5 Å². The van der Waals surface area contributed by atoms with Crippen LogP contribution in [0.15, 0.2) is 54.6 Å². The van der Waals surface area contributed by atoms with Crippen molar-refractivity contribution < 1.29 is 9.59 Å². The summed E-state index contributed by atoms with van der Waals surface area (Å²) in [6, 6.07) is 16.7. The Morgan fingerprint density at radius 1 is 1.04 bits per heavy atom. The molecule has 1 aliphatic heterocycles. The maximum Gasteiger partial charge on any atom is 0.318 e. The maximum atomic E-state index is 12.5. The first-order valence-corrected chi connectivity index (χ1v) is 9.78. The van der Waals surface area contributed by atoms with Crippen LogP contribution in [0.1, 0.15) is 12.5 Å². The Balaban J connectivity index is 1.43. The summed E-state index contributed by atoms with van der Waals surface area (Å²) in [7, 11) is 0. The van der Waals surface area contributed by atoms with Gasteiger partial charge in [-0.2, -0.15) is 0 Å². The predicted octanol–water partition coefficient (Wildman–Crippen LogP) is 2.88. The molecule has 3 rings (SSSR count). The lowest BCUT2D eigenvalue weighted by Gasteiger charge is -2.36. The maximum absolute atomic E-state index is 12.5. The van der Waals surface area contributed by atoms with Crippen molar-refractivity contribution in [1.82, 2.24) is 15.5 Å². The van der Waals surface area contributed by atoms with Gasteiger partial charge in [0.05, 0.1) is 0 Å². The number of para-hydroxylation sites is 1. The highest BCUT2D eigenvalue weighted by Gasteiger charge is 2.24. The van der Waals surface area contributed by atoms with Crippen LogP contribution >= 0.6 is 11.6 Å². The zero-order valence-electron chi connectivity index (χ0n) is 15.9. The summed E-state index contributed by atoms with van der Waals surface area (Å²) in [4.78, 5) is 28.7. The van der Waals surface area contributed by atoms with E-state index in [0.717, 1.165) is 24.3 Å². The van der Waals surface area contributed by atoms with Gasteiger partial charge in [0.1, 0.15) is 6.04 Å². The molecule has 2 N–H and O–H groups in total. The molecule has 2 aromatic carbocycles. The lowest BCUT2D eigenvalue weighted by Crippen LogP contribution is -2.55. The van der Waals surface area contributed by atoms with E-state index >= 15 is 0 Å². The van der Waals surface area contributed by atoms with Crippen LogP contribution in [-0.2, 0) is 11.3 Å². The number of amides is 3. The second-order valence-corrected chi connectivity index (χ2v) is 7.26. The number of carbonyl (C=O) groups excluding carboxylic acids is 2. The molecule has 1 fully saturated rings. The fourth-order valence-electron chi connectivity index (χ4n) is 3.14. The highest BCUT2D eigenvalue weighted by Crippen LogP contribution is 2.15. The Bertz CT molecular complexity index is 807. The van der Waals surface area contributed by atoms with Crippen molar-refractivity contribution in [3.8, 4) is 0 Å². The summed E-state index contributed by atoms with van der Waals surface area (Å²) in [6.45, 7) is 4.84. The zero-order valence-corrected chi connectivity index (χ0v) is 16.7. The number of hydrogen-bond donors (Lipinski definition) is 2. The van der Waals surface area contributed by atoms with Gasteiger partial charge in [0.15, 0.2) is 0 Å². The van der Waals surface area contributed by atoms with Gasteiger partial charge in [0.25, 0.3) is 0 Å². The molecule has 148 valence electrons. The van der Waals surface area contributed by atoms with Crippen molar-refractivity contribution >= 4 is 29.2 Å². The SMILES string of the molecule is CC(NC(=O)N1CCN(c2ccccc2)CC1)C(=O)NCc1cccc(Cl)c1. The molecule has 1 heterocycles. The van der Waals surface area contributed by atoms with Crippen molar-refractivity contribution in [1.29, 1.82) is 0 Å². The van der Waals surface area contributed by atoms with E-state index in [1.165, 1.54) is 0 Å². The summed E-state index contributed by atoms with van der Waals surface area (Å²) in [5.41, 5.74) is 2.08. The molecular formula is C21H25ClN4O2. The first kappa shape index (κ1) is 20.0. The number of benzene rings is 2. The molecule has 0 saturated carbocycles. The highest BCUT2D eigenvalue weighted by molar-refractivity contribution is 6.30. The van der Waals surface area contributed by atoms with Crippen molar-refractivity contribution in [2.24, 2.45) is 0 Å². The molecule has 0 bridgehead atoms. The Kier molecular flexibility index (Phi) is 6.76. The molecule has 1 unspecified atom stereocenters. The molecule has 0 spiro atoms. The van der Waals surface area contributed by atoms with Crippen molar-refractivity contribution in [2.45, 2.75) is 19.5 Å². The summed E-state index contributed by atoms with van der Waals surface area (Å²) in [6.07, 6.45) is 0. The van der Waals surface area contributed by atoms with Gasteiger partial charge in [-0.15, -0.1) is 0 Å². The predicted molar refractivity (Wildman–Crippen MR) is 112 cm³/mol. The van der Waals surface area contributed by atoms with Gasteiger partial charge in [0.2, 0.25) is 5.91 Å². The molecule has 0 aliphatic carbocycles. The van der Waals surface area contributed by atoms with Crippen LogP contribution in [0.2, 0.25) is 5.02 Å². The second-order valence-electron chi connectivity index (χ2n) is 6.83. The Morgan fingerprint density at radius 2 is 1.75 bits per heavy atom. The molecule has 7 heteroatoms. The highest BCUT2D eigenvalue weighted by atomic mass is 35.5. The molecule has 6 nitrogen and oxygen atoms in total. The van der Waals surface area contributed by atoms with E-state index in [1.54, 1.807) is 24.0 Å². The molecular weight excluding hydrogens is 376 g/mol. The lowest BCUT2D eigenvalue weighted by molar-refractivity contribution is -0.122. The van der Waals surface area contributed by atoms with E-state index in [-0.39, 0.29) is 11.9 Å². The summed E-state index contributed by atoms with van der Waals surface area (Å²) >= 11 is 5.95. The number of nitrogens with zero attached hydrogens (tertiary/aromatic N) is 2. The van der Waals surface area contributed by atoms with Crippen LogP contribution in [-0.4, -0.2) is 49.1 Å². The number of halogens is 1. The number of piperazine rings is 1. The molecule has 2 aromatic rings. The van der Waals surface area contributed by atoms with E-state index in [0.29, 0.717) is 24.7 Å². The van der Waals surface area contributed by atoms with Gasteiger partial charge in [0, 0.05) is 43.4 Å². The van der Waals surface area contributed by atoms with E-state index in [9.17, 15) is 9.59 Å². The van der Waals surface area contributed by atoms with Crippen LogP contribution < -0.4 is 15.5 Å². The number of hydrogen-bond acceptors (Lipinski definition) is 3. The fraction of sp³-hybridized carbons (Fsp3) is 0.333. The molecule has 1 saturated heterocycles. The third-order valence-electron chi connectivity index (χ3n) is 4.78. The zero-order chi connectivity index (χ0) is 19.9. The quantitative estimate of drug-likeness (QED) is 0.811. The molecule has 1 aliphatic rings. The molecule has 0 radical (unpaired) electrons. The minimum absolute atomic E-state index is 0.210. The number of rotatable bonds is 5. The first-order chi connectivity index (χ1) is 13.5. The third kappa shape index (κ3) is 5.39. The van der Waals surface area contributed by atoms with Gasteiger partial charge < -0.3 is 20.4 Å². The monoisotopic (exact) mass is 400 g/mol. The normalized spacial score (nSPS) is 15.1. The average molecular weight is 401 g/mol. The van der Waals surface area contributed by atoms with E-state index < -0.39 is 6.04 Å². The summed E-state index contributed by atoms with van der Waals surface area (Å²) < 4.78 is 0. The number of nitrogens with one attached hydrogen (secondary N) is 2. The minimum Gasteiger partial charge on any atom is -0.368 e. The lowest BCUT2D eigenvalue weighted by atomic mass is 10.2. The van der Waals surface area contributed by atoms with Gasteiger partial charge in [-0.1, -0.05) is 41.9 Å². The van der Waals surface area contributed by atoms with Crippen molar-refractivity contribution in [2.75, 3.05) is 31.1 Å². The molecule has 1 atom stereocenters. The van der Waals surface area contributed by atoms with Gasteiger partial charge >= 0.3 is 6.03 Å². The number of carbonyl (C=O) groups is 2. The topological polar surface area (TPSA) is 64.7 Å². The summed E-state index contributed by atoms with van der Waals surface area (Å²) in [5, 5.41) is 6.23. The van der Waals surface area contributed by atoms with E-state index in [1.807, 2.05) is 30.3 Å². The molecule has 3 amide bonds. The largest absolute Gasteiger partial charge is 0.368 e. The Morgan fingerprint density at radius 3 is 2.43 bits per heavy atom. The molecule has 0 aromatic heterocycles. The number of anilines is 1. The Hall–Kier alpha value is -2.73. The Labute approximate surface area is 170 Å². The minimum atomic E-state index is -0.612. The van der Waals surface area contributed by atoms with Crippen LogP contribution in [0.5, 0.6) is 0 Å². The second kappa shape index (κ2) is 9.46. The van der Waals surface area contributed by atoms with Crippen LogP contribution in [0.3, 0.4) is 0 Å². The smallest absolute Gasteiger partial charge is 0.318 e. The third-order valence-corrected chi connectivity index (χ3v) is 5.01. The van der Waals surface area contributed by atoms with Crippen molar-refractivity contribution in [3.05, 3.63) is 65.2 Å². The number of urea groups is 1. The first-order valence-electron chi connectivity index (χ1n) is 9.40. The van der Waals surface area contributed by atoms with Gasteiger partial charge in [-0.3, -0.25) is 4.79 Å². The van der Waals surface area contributed by atoms with Gasteiger partial charge in [-0.05, 0) is 36.8 Å².